The standard InChI is InChI=1S/C18H19NOS/c1-18(19,12-13-6-8-15(20-2)9-7-13)16-5-3-4-14-10-11-21-17(14)16/h3-11H,12,19H2,1-2H3. The topological polar surface area (TPSA) is 35.2 Å². The van der Waals surface area contributed by atoms with Crippen LogP contribution in [0.1, 0.15) is 18.1 Å². The molecule has 1 atom stereocenters. The third kappa shape index (κ3) is 2.80. The molecular formula is C18H19NOS. The molecule has 0 aliphatic heterocycles. The van der Waals surface area contributed by atoms with Gasteiger partial charge in [0.25, 0.3) is 0 Å². The second kappa shape index (κ2) is 5.51. The first-order valence-corrected chi connectivity index (χ1v) is 7.87. The van der Waals surface area contributed by atoms with E-state index in [-0.39, 0.29) is 5.54 Å². The highest BCUT2D eigenvalue weighted by Crippen LogP contribution is 2.33. The zero-order chi connectivity index (χ0) is 14.9. The molecule has 0 radical (unpaired) electrons. The van der Waals surface area contributed by atoms with E-state index in [1.54, 1.807) is 18.4 Å². The summed E-state index contributed by atoms with van der Waals surface area (Å²) in [7, 11) is 1.68. The summed E-state index contributed by atoms with van der Waals surface area (Å²) in [4.78, 5) is 0. The highest BCUT2D eigenvalue weighted by Gasteiger charge is 2.24. The van der Waals surface area contributed by atoms with E-state index in [4.69, 9.17) is 10.5 Å². The Morgan fingerprint density at radius 3 is 2.57 bits per heavy atom. The van der Waals surface area contributed by atoms with Crippen molar-refractivity contribution in [3.63, 3.8) is 0 Å². The van der Waals surface area contributed by atoms with Gasteiger partial charge in [0.1, 0.15) is 5.75 Å². The lowest BCUT2D eigenvalue weighted by Gasteiger charge is -2.26. The second-order valence-electron chi connectivity index (χ2n) is 5.59. The van der Waals surface area contributed by atoms with E-state index >= 15 is 0 Å². The highest BCUT2D eigenvalue weighted by molar-refractivity contribution is 7.17. The van der Waals surface area contributed by atoms with Gasteiger partial charge in [-0.15, -0.1) is 11.3 Å². The molecule has 2 nitrogen and oxygen atoms in total. The van der Waals surface area contributed by atoms with Crippen LogP contribution in [0.5, 0.6) is 5.75 Å². The van der Waals surface area contributed by atoms with Crippen LogP contribution in [-0.2, 0) is 12.0 Å². The Bertz CT molecular complexity index is 743. The molecule has 0 fully saturated rings. The Morgan fingerprint density at radius 2 is 1.86 bits per heavy atom. The van der Waals surface area contributed by atoms with Gasteiger partial charge in [0.15, 0.2) is 0 Å². The minimum Gasteiger partial charge on any atom is -0.497 e. The molecule has 1 unspecified atom stereocenters. The third-order valence-corrected chi connectivity index (χ3v) is 4.79. The maximum absolute atomic E-state index is 6.64. The first-order chi connectivity index (χ1) is 10.1. The van der Waals surface area contributed by atoms with Crippen LogP contribution in [0.3, 0.4) is 0 Å². The SMILES string of the molecule is COc1ccc(CC(C)(N)c2cccc3ccsc23)cc1. The molecule has 0 bridgehead atoms. The summed E-state index contributed by atoms with van der Waals surface area (Å²) in [6.07, 6.45) is 0.800. The maximum Gasteiger partial charge on any atom is 0.118 e. The van der Waals surface area contributed by atoms with Crippen LogP contribution in [0, 0.1) is 0 Å². The van der Waals surface area contributed by atoms with Gasteiger partial charge in [0.05, 0.1) is 7.11 Å². The van der Waals surface area contributed by atoms with Crippen molar-refractivity contribution in [2.24, 2.45) is 5.73 Å². The monoisotopic (exact) mass is 297 g/mol. The average molecular weight is 297 g/mol. The van der Waals surface area contributed by atoms with Crippen LogP contribution >= 0.6 is 11.3 Å². The van der Waals surface area contributed by atoms with Crippen LogP contribution < -0.4 is 10.5 Å². The van der Waals surface area contributed by atoms with E-state index in [2.05, 4.69) is 48.7 Å². The lowest BCUT2D eigenvalue weighted by atomic mass is 9.86. The minimum atomic E-state index is -0.390. The third-order valence-electron chi connectivity index (χ3n) is 3.82. The maximum atomic E-state index is 6.64. The largest absolute Gasteiger partial charge is 0.497 e. The lowest BCUT2D eigenvalue weighted by molar-refractivity contribution is 0.414. The number of fused-ring (bicyclic) bond motifs is 1. The minimum absolute atomic E-state index is 0.390. The van der Waals surface area contributed by atoms with Crippen LogP contribution in [0.25, 0.3) is 10.1 Å². The molecule has 1 heterocycles. The second-order valence-corrected chi connectivity index (χ2v) is 6.50. The van der Waals surface area contributed by atoms with Gasteiger partial charge in [-0.1, -0.05) is 30.3 Å². The van der Waals surface area contributed by atoms with Crippen molar-refractivity contribution < 1.29 is 4.74 Å². The normalized spacial score (nSPS) is 14.0. The van der Waals surface area contributed by atoms with Crippen LogP contribution in [0.4, 0.5) is 0 Å². The number of hydrogen-bond acceptors (Lipinski definition) is 3. The number of hydrogen-bond donors (Lipinski definition) is 1. The molecular weight excluding hydrogens is 278 g/mol. The number of benzene rings is 2. The van der Waals surface area contributed by atoms with Crippen molar-refractivity contribution in [3.8, 4) is 5.75 Å². The summed E-state index contributed by atoms with van der Waals surface area (Å²) < 4.78 is 6.49. The van der Waals surface area contributed by atoms with Crippen molar-refractivity contribution >= 4 is 21.4 Å². The molecule has 108 valence electrons. The first kappa shape index (κ1) is 14.1. The van der Waals surface area contributed by atoms with E-state index in [1.807, 2.05) is 12.1 Å². The van der Waals surface area contributed by atoms with E-state index in [1.165, 1.54) is 21.2 Å². The Kier molecular flexibility index (Phi) is 3.70. The molecule has 3 heteroatoms. The van der Waals surface area contributed by atoms with E-state index in [0.29, 0.717) is 0 Å². The summed E-state index contributed by atoms with van der Waals surface area (Å²) in [6.45, 7) is 2.10. The summed E-state index contributed by atoms with van der Waals surface area (Å²) in [6, 6.07) is 16.6. The van der Waals surface area contributed by atoms with Crippen molar-refractivity contribution in [1.29, 1.82) is 0 Å². The number of thiophene rings is 1. The molecule has 3 rings (SSSR count). The molecule has 0 saturated carbocycles. The van der Waals surface area contributed by atoms with Crippen molar-refractivity contribution in [2.75, 3.05) is 7.11 Å². The molecule has 0 saturated heterocycles. The van der Waals surface area contributed by atoms with Gasteiger partial charge in [-0.2, -0.15) is 0 Å². The lowest BCUT2D eigenvalue weighted by Crippen LogP contribution is -2.35. The van der Waals surface area contributed by atoms with Crippen molar-refractivity contribution in [2.45, 2.75) is 18.9 Å². The summed E-state index contributed by atoms with van der Waals surface area (Å²) in [5.74, 6) is 0.873. The van der Waals surface area contributed by atoms with E-state index in [9.17, 15) is 0 Å². The van der Waals surface area contributed by atoms with Gasteiger partial charge in [-0.05, 0) is 53.4 Å². The number of methoxy groups -OCH3 is 1. The smallest absolute Gasteiger partial charge is 0.118 e. The predicted molar refractivity (Wildman–Crippen MR) is 90.1 cm³/mol. The highest BCUT2D eigenvalue weighted by atomic mass is 32.1. The first-order valence-electron chi connectivity index (χ1n) is 6.99. The predicted octanol–water partition coefficient (Wildman–Crippen LogP) is 4.33. The van der Waals surface area contributed by atoms with Gasteiger partial charge in [0, 0.05) is 10.2 Å². The Balaban J connectivity index is 1.93. The van der Waals surface area contributed by atoms with Crippen LogP contribution in [0.2, 0.25) is 0 Å². The Morgan fingerprint density at radius 1 is 1.10 bits per heavy atom. The van der Waals surface area contributed by atoms with Gasteiger partial charge in [-0.25, -0.2) is 0 Å². The van der Waals surface area contributed by atoms with Gasteiger partial charge in [-0.3, -0.25) is 0 Å². The zero-order valence-corrected chi connectivity index (χ0v) is 13.1. The molecule has 2 aromatic carbocycles. The quantitative estimate of drug-likeness (QED) is 0.778. The molecule has 0 spiro atoms. The fourth-order valence-corrected chi connectivity index (χ4v) is 3.76. The molecule has 2 N–H and O–H groups in total. The zero-order valence-electron chi connectivity index (χ0n) is 12.3. The van der Waals surface area contributed by atoms with Gasteiger partial charge >= 0.3 is 0 Å². The Labute approximate surface area is 129 Å². The number of ether oxygens (including phenoxy) is 1. The summed E-state index contributed by atoms with van der Waals surface area (Å²) >= 11 is 1.76. The molecule has 0 aliphatic rings. The number of nitrogens with two attached hydrogens (primary N) is 1. The Hall–Kier alpha value is -1.84. The van der Waals surface area contributed by atoms with Crippen molar-refractivity contribution in [3.05, 3.63) is 65.0 Å². The average Bonchev–Trinajstić information content (AvgIpc) is 2.95. The molecule has 3 aromatic rings. The summed E-state index contributed by atoms with van der Waals surface area (Å²) in [5.41, 5.74) is 8.68. The molecule has 1 aromatic heterocycles. The van der Waals surface area contributed by atoms with Crippen molar-refractivity contribution in [1.82, 2.24) is 0 Å². The van der Waals surface area contributed by atoms with Gasteiger partial charge < -0.3 is 10.5 Å². The van der Waals surface area contributed by atoms with Gasteiger partial charge in [0.2, 0.25) is 0 Å². The summed E-state index contributed by atoms with van der Waals surface area (Å²) in [5, 5.41) is 3.39. The van der Waals surface area contributed by atoms with E-state index in [0.717, 1.165) is 12.2 Å². The molecule has 0 aliphatic carbocycles. The van der Waals surface area contributed by atoms with E-state index < -0.39 is 0 Å². The molecule has 0 amide bonds. The fourth-order valence-electron chi connectivity index (χ4n) is 2.71. The van der Waals surface area contributed by atoms with Crippen LogP contribution in [0.15, 0.2) is 53.9 Å². The fraction of sp³-hybridized carbons (Fsp3) is 0.222. The molecule has 21 heavy (non-hydrogen) atoms. The number of rotatable bonds is 4. The van der Waals surface area contributed by atoms with Crippen LogP contribution in [-0.4, -0.2) is 7.11 Å².